The summed E-state index contributed by atoms with van der Waals surface area (Å²) >= 11 is 0. The van der Waals surface area contributed by atoms with Crippen LogP contribution in [-0.2, 0) is 9.59 Å². The van der Waals surface area contributed by atoms with E-state index < -0.39 is 41.0 Å². The highest BCUT2D eigenvalue weighted by molar-refractivity contribution is 6.10. The molecule has 0 radical (unpaired) electrons. The molecule has 0 saturated carbocycles. The predicted octanol–water partition coefficient (Wildman–Crippen LogP) is 3.14. The molecule has 2 aromatic carbocycles. The standard InChI is InChI=1S/C19H13F4N3O2/c20-13-5-11(6-14(21)9-13)1-3-17(27)25-19(24)26-18(28)4-2-12-7-15(22)10-16(23)8-12/h1-10H,(H3,24,25,26,27,28)/b3-1+,4-2+. The second kappa shape index (κ2) is 9.26. The van der Waals surface area contributed by atoms with Gasteiger partial charge in [0.05, 0.1) is 0 Å². The molecule has 0 bridgehead atoms. The molecular formula is C19H13F4N3O2. The predicted molar refractivity (Wildman–Crippen MR) is 94.8 cm³/mol. The third kappa shape index (κ3) is 6.87. The van der Waals surface area contributed by atoms with Gasteiger partial charge in [-0.25, -0.2) is 17.6 Å². The number of halogens is 4. The highest BCUT2D eigenvalue weighted by atomic mass is 19.1. The van der Waals surface area contributed by atoms with Crippen LogP contribution in [0.5, 0.6) is 0 Å². The molecule has 0 aliphatic rings. The van der Waals surface area contributed by atoms with E-state index in [1.54, 1.807) is 0 Å². The molecule has 0 atom stereocenters. The van der Waals surface area contributed by atoms with Crippen molar-refractivity contribution in [2.24, 2.45) is 0 Å². The number of benzene rings is 2. The Hall–Kier alpha value is -3.75. The number of amides is 2. The Morgan fingerprint density at radius 2 is 1.00 bits per heavy atom. The molecule has 2 aromatic rings. The molecule has 5 nitrogen and oxygen atoms in total. The average molecular weight is 391 g/mol. The fraction of sp³-hybridized carbons (Fsp3) is 0. The van der Waals surface area contributed by atoms with Gasteiger partial charge in [-0.2, -0.15) is 0 Å². The lowest BCUT2D eigenvalue weighted by atomic mass is 10.2. The zero-order valence-electron chi connectivity index (χ0n) is 14.1. The number of nitrogens with one attached hydrogen (secondary N) is 3. The number of hydrogen-bond donors (Lipinski definition) is 3. The molecule has 0 aromatic heterocycles. The zero-order chi connectivity index (χ0) is 20.7. The van der Waals surface area contributed by atoms with Crippen LogP contribution in [0.2, 0.25) is 0 Å². The SMILES string of the molecule is N=C(NC(=O)/C=C/c1cc(F)cc(F)c1)NC(=O)/C=C/c1cc(F)cc(F)c1. The summed E-state index contributed by atoms with van der Waals surface area (Å²) < 4.78 is 52.2. The summed E-state index contributed by atoms with van der Waals surface area (Å²) in [6.45, 7) is 0. The van der Waals surface area contributed by atoms with Crippen molar-refractivity contribution in [1.82, 2.24) is 10.6 Å². The van der Waals surface area contributed by atoms with Gasteiger partial charge in [0.25, 0.3) is 11.8 Å². The van der Waals surface area contributed by atoms with E-state index in [4.69, 9.17) is 5.41 Å². The van der Waals surface area contributed by atoms with E-state index in [0.717, 1.165) is 48.6 Å². The van der Waals surface area contributed by atoms with Crippen molar-refractivity contribution in [2.75, 3.05) is 0 Å². The highest BCUT2D eigenvalue weighted by Gasteiger charge is 2.05. The van der Waals surface area contributed by atoms with E-state index in [-0.39, 0.29) is 11.1 Å². The quantitative estimate of drug-likeness (QED) is 0.324. The molecule has 2 rings (SSSR count). The van der Waals surface area contributed by atoms with Crippen LogP contribution in [0.4, 0.5) is 17.6 Å². The Labute approximate surface area is 156 Å². The van der Waals surface area contributed by atoms with Gasteiger partial charge in [-0.1, -0.05) is 0 Å². The normalized spacial score (nSPS) is 11.0. The summed E-state index contributed by atoms with van der Waals surface area (Å²) in [5.41, 5.74) is 0.182. The molecule has 3 N–H and O–H groups in total. The van der Waals surface area contributed by atoms with Crippen molar-refractivity contribution in [2.45, 2.75) is 0 Å². The fourth-order valence-electron chi connectivity index (χ4n) is 2.05. The molecule has 9 heteroatoms. The molecule has 0 spiro atoms. The number of carbonyl (C=O) groups excluding carboxylic acids is 2. The van der Waals surface area contributed by atoms with Gasteiger partial charge in [0.15, 0.2) is 0 Å². The van der Waals surface area contributed by atoms with Gasteiger partial charge in [-0.05, 0) is 47.5 Å². The van der Waals surface area contributed by atoms with Gasteiger partial charge >= 0.3 is 0 Å². The molecule has 2 amide bonds. The van der Waals surface area contributed by atoms with E-state index in [9.17, 15) is 27.2 Å². The number of rotatable bonds is 4. The molecule has 0 heterocycles. The van der Waals surface area contributed by atoms with Gasteiger partial charge < -0.3 is 0 Å². The van der Waals surface area contributed by atoms with Gasteiger partial charge in [0, 0.05) is 24.3 Å². The van der Waals surface area contributed by atoms with Gasteiger partial charge in [-0.15, -0.1) is 0 Å². The summed E-state index contributed by atoms with van der Waals surface area (Å²) in [6, 6.07) is 5.35. The van der Waals surface area contributed by atoms with Crippen LogP contribution in [0, 0.1) is 28.7 Å². The van der Waals surface area contributed by atoms with E-state index in [0.29, 0.717) is 12.1 Å². The van der Waals surface area contributed by atoms with Crippen LogP contribution in [0.25, 0.3) is 12.2 Å². The molecule has 0 aliphatic carbocycles. The van der Waals surface area contributed by atoms with E-state index >= 15 is 0 Å². The second-order valence-electron chi connectivity index (χ2n) is 5.43. The first-order valence-corrected chi connectivity index (χ1v) is 7.70. The van der Waals surface area contributed by atoms with Crippen molar-refractivity contribution >= 4 is 29.9 Å². The maximum absolute atomic E-state index is 13.0. The van der Waals surface area contributed by atoms with Crippen molar-refractivity contribution in [3.05, 3.63) is 82.9 Å². The van der Waals surface area contributed by atoms with Crippen LogP contribution >= 0.6 is 0 Å². The summed E-state index contributed by atoms with van der Waals surface area (Å²) in [6.07, 6.45) is 4.07. The van der Waals surface area contributed by atoms with Gasteiger partial charge in [0.1, 0.15) is 23.3 Å². The molecule has 0 saturated heterocycles. The minimum atomic E-state index is -0.828. The highest BCUT2D eigenvalue weighted by Crippen LogP contribution is 2.10. The van der Waals surface area contributed by atoms with Gasteiger partial charge in [0.2, 0.25) is 5.96 Å². The Morgan fingerprint density at radius 1 is 0.679 bits per heavy atom. The lowest BCUT2D eigenvalue weighted by molar-refractivity contribution is -0.115. The smallest absolute Gasteiger partial charge is 0.250 e. The van der Waals surface area contributed by atoms with Crippen molar-refractivity contribution in [1.29, 1.82) is 5.41 Å². The van der Waals surface area contributed by atoms with E-state index in [2.05, 4.69) is 0 Å². The zero-order valence-corrected chi connectivity index (χ0v) is 14.1. The molecule has 0 aliphatic heterocycles. The number of guanidine groups is 1. The molecular weight excluding hydrogens is 378 g/mol. The van der Waals surface area contributed by atoms with E-state index in [1.807, 2.05) is 10.6 Å². The minimum Gasteiger partial charge on any atom is -0.293 e. The average Bonchev–Trinajstić information content (AvgIpc) is 2.56. The molecule has 0 unspecified atom stereocenters. The fourth-order valence-corrected chi connectivity index (χ4v) is 2.05. The van der Waals surface area contributed by atoms with Crippen LogP contribution < -0.4 is 10.6 Å². The Bertz CT molecular complexity index is 869. The lowest BCUT2D eigenvalue weighted by Crippen LogP contribution is -2.41. The summed E-state index contributed by atoms with van der Waals surface area (Å²) in [4.78, 5) is 23.3. The monoisotopic (exact) mass is 391 g/mol. The lowest BCUT2D eigenvalue weighted by Gasteiger charge is -2.04. The summed E-state index contributed by atoms with van der Waals surface area (Å²) in [7, 11) is 0. The van der Waals surface area contributed by atoms with Gasteiger partial charge in [-0.3, -0.25) is 25.6 Å². The number of carbonyl (C=O) groups is 2. The summed E-state index contributed by atoms with van der Waals surface area (Å²) in [5.74, 6) is -5.58. The van der Waals surface area contributed by atoms with Crippen molar-refractivity contribution < 1.29 is 27.2 Å². The third-order valence-electron chi connectivity index (χ3n) is 3.12. The third-order valence-corrected chi connectivity index (χ3v) is 3.12. The minimum absolute atomic E-state index is 0.0912. The maximum atomic E-state index is 13.0. The van der Waals surface area contributed by atoms with Crippen LogP contribution in [0.3, 0.4) is 0 Å². The first-order valence-electron chi connectivity index (χ1n) is 7.70. The number of hydrogen-bond acceptors (Lipinski definition) is 3. The molecule has 144 valence electrons. The first kappa shape index (κ1) is 20.6. The van der Waals surface area contributed by atoms with Crippen LogP contribution in [0.15, 0.2) is 48.6 Å². The first-order chi connectivity index (χ1) is 13.2. The maximum Gasteiger partial charge on any atom is 0.250 e. The topological polar surface area (TPSA) is 82.1 Å². The largest absolute Gasteiger partial charge is 0.293 e. The van der Waals surface area contributed by atoms with Crippen molar-refractivity contribution in [3.63, 3.8) is 0 Å². The molecule has 0 fully saturated rings. The van der Waals surface area contributed by atoms with Crippen LogP contribution in [-0.4, -0.2) is 17.8 Å². The molecule has 28 heavy (non-hydrogen) atoms. The van der Waals surface area contributed by atoms with Crippen molar-refractivity contribution in [3.8, 4) is 0 Å². The van der Waals surface area contributed by atoms with Crippen LogP contribution in [0.1, 0.15) is 11.1 Å². The Morgan fingerprint density at radius 3 is 1.32 bits per heavy atom. The summed E-state index contributed by atoms with van der Waals surface area (Å²) in [5, 5.41) is 11.5. The Balaban J connectivity index is 1.88. The van der Waals surface area contributed by atoms with E-state index in [1.165, 1.54) is 0 Å². The Kier molecular flexibility index (Phi) is 6.80. The second-order valence-corrected chi connectivity index (χ2v) is 5.43.